The molecule has 2 rings (SSSR count). The lowest BCUT2D eigenvalue weighted by Gasteiger charge is -2.24. The van der Waals surface area contributed by atoms with Gasteiger partial charge in [-0.3, -0.25) is 0 Å². The molecule has 0 amide bonds. The normalized spacial score (nSPS) is 24.0. The van der Waals surface area contributed by atoms with Crippen LogP contribution in [-0.2, 0) is 6.54 Å². The Bertz CT molecular complexity index is 414. The van der Waals surface area contributed by atoms with Crippen molar-refractivity contribution in [1.29, 1.82) is 0 Å². The largest absolute Gasteiger partial charge is 0.354 e. The fraction of sp³-hybridized carbons (Fsp3) is 0.667. The third-order valence-corrected chi connectivity index (χ3v) is 3.80. The Kier molecular flexibility index (Phi) is 3.91. The second-order valence-electron chi connectivity index (χ2n) is 5.96. The molecule has 1 fully saturated rings. The van der Waals surface area contributed by atoms with Crippen LogP contribution in [0.25, 0.3) is 0 Å². The lowest BCUT2D eigenvalue weighted by atomic mass is 10.1. The molecule has 3 nitrogen and oxygen atoms in total. The van der Waals surface area contributed by atoms with Gasteiger partial charge in [0.15, 0.2) is 0 Å². The summed E-state index contributed by atoms with van der Waals surface area (Å²) in [5.74, 6) is 2.31. The lowest BCUT2D eigenvalue weighted by Crippen LogP contribution is -2.28. The van der Waals surface area contributed by atoms with Gasteiger partial charge in [0.2, 0.25) is 0 Å². The number of aromatic nitrogens is 1. The second kappa shape index (κ2) is 5.27. The Balaban J connectivity index is 2.34. The number of anilines is 1. The predicted octanol–water partition coefficient (Wildman–Crippen LogP) is 2.90. The fourth-order valence-corrected chi connectivity index (χ4v) is 2.77. The van der Waals surface area contributed by atoms with Crippen molar-refractivity contribution >= 4 is 5.82 Å². The van der Waals surface area contributed by atoms with E-state index in [1.807, 2.05) is 0 Å². The molecular weight excluding hydrogens is 222 g/mol. The maximum absolute atomic E-state index is 5.80. The molecule has 1 aromatic heterocycles. The molecule has 0 spiro atoms. The van der Waals surface area contributed by atoms with Gasteiger partial charge in [-0.05, 0) is 42.9 Å². The monoisotopic (exact) mass is 247 g/mol. The van der Waals surface area contributed by atoms with E-state index >= 15 is 0 Å². The van der Waals surface area contributed by atoms with Gasteiger partial charge >= 0.3 is 0 Å². The highest BCUT2D eigenvalue weighted by Crippen LogP contribution is 2.29. The number of hydrogen-bond donors (Lipinski definition) is 1. The lowest BCUT2D eigenvalue weighted by molar-refractivity contribution is 0.625. The van der Waals surface area contributed by atoms with E-state index in [1.54, 1.807) is 0 Å². The van der Waals surface area contributed by atoms with Gasteiger partial charge in [0.1, 0.15) is 5.82 Å². The molecule has 0 radical (unpaired) electrons. The van der Waals surface area contributed by atoms with Crippen LogP contribution < -0.4 is 10.6 Å². The van der Waals surface area contributed by atoms with Crippen LogP contribution >= 0.6 is 0 Å². The van der Waals surface area contributed by atoms with Crippen molar-refractivity contribution in [3.63, 3.8) is 0 Å². The Morgan fingerprint density at radius 2 is 2.11 bits per heavy atom. The topological polar surface area (TPSA) is 42.1 Å². The number of nitrogens with two attached hydrogens (primary N) is 1. The molecule has 1 aliphatic heterocycles. The molecule has 1 saturated heterocycles. The Labute approximate surface area is 110 Å². The van der Waals surface area contributed by atoms with Gasteiger partial charge in [-0.15, -0.1) is 0 Å². The molecule has 0 saturated carbocycles. The molecule has 0 aliphatic carbocycles. The van der Waals surface area contributed by atoms with Crippen LogP contribution in [0.2, 0.25) is 0 Å². The van der Waals surface area contributed by atoms with Crippen LogP contribution in [0.5, 0.6) is 0 Å². The van der Waals surface area contributed by atoms with E-state index in [2.05, 4.69) is 44.7 Å². The number of hydrogen-bond acceptors (Lipinski definition) is 3. The summed E-state index contributed by atoms with van der Waals surface area (Å²) in [6.07, 6.45) is 1.26. The highest BCUT2D eigenvalue weighted by Gasteiger charge is 2.27. The van der Waals surface area contributed by atoms with Crippen LogP contribution in [0.1, 0.15) is 51.3 Å². The van der Waals surface area contributed by atoms with E-state index in [0.29, 0.717) is 18.5 Å². The quantitative estimate of drug-likeness (QED) is 0.893. The zero-order valence-electron chi connectivity index (χ0n) is 12.0. The van der Waals surface area contributed by atoms with Crippen molar-refractivity contribution in [2.24, 2.45) is 11.7 Å². The van der Waals surface area contributed by atoms with Gasteiger partial charge in [0.05, 0.1) is 0 Å². The SMILES string of the molecule is CC1CC(C)N(c2cc(CN)cc(C(C)C)n2)C1. The van der Waals surface area contributed by atoms with Crippen molar-refractivity contribution in [3.8, 4) is 0 Å². The molecular formula is C15H25N3. The van der Waals surface area contributed by atoms with Crippen molar-refractivity contribution < 1.29 is 0 Å². The third kappa shape index (κ3) is 2.66. The molecule has 1 aromatic rings. The standard InChI is InChI=1S/C15H25N3/c1-10(2)14-6-13(8-16)7-15(17-14)18-9-11(3)5-12(18)4/h6-7,10-12H,5,8-9,16H2,1-4H3. The first kappa shape index (κ1) is 13.3. The number of rotatable bonds is 3. The summed E-state index contributed by atoms with van der Waals surface area (Å²) in [6.45, 7) is 10.7. The minimum absolute atomic E-state index is 0.450. The molecule has 0 aromatic carbocycles. The van der Waals surface area contributed by atoms with Gasteiger partial charge in [-0.25, -0.2) is 4.98 Å². The first-order valence-electron chi connectivity index (χ1n) is 6.98. The summed E-state index contributed by atoms with van der Waals surface area (Å²) < 4.78 is 0. The fourth-order valence-electron chi connectivity index (χ4n) is 2.77. The predicted molar refractivity (Wildman–Crippen MR) is 76.8 cm³/mol. The van der Waals surface area contributed by atoms with Gasteiger partial charge in [-0.2, -0.15) is 0 Å². The van der Waals surface area contributed by atoms with Crippen molar-refractivity contribution in [3.05, 3.63) is 23.4 Å². The summed E-state index contributed by atoms with van der Waals surface area (Å²) in [4.78, 5) is 7.24. The van der Waals surface area contributed by atoms with E-state index in [0.717, 1.165) is 24.0 Å². The molecule has 2 atom stereocenters. The van der Waals surface area contributed by atoms with Crippen molar-refractivity contribution in [2.45, 2.75) is 52.6 Å². The highest BCUT2D eigenvalue weighted by molar-refractivity contribution is 5.45. The van der Waals surface area contributed by atoms with E-state index < -0.39 is 0 Å². The van der Waals surface area contributed by atoms with Gasteiger partial charge in [0.25, 0.3) is 0 Å². The zero-order chi connectivity index (χ0) is 13.3. The average Bonchev–Trinajstić information content (AvgIpc) is 2.67. The minimum Gasteiger partial charge on any atom is -0.354 e. The molecule has 2 heterocycles. The molecule has 2 N–H and O–H groups in total. The number of pyridine rings is 1. The maximum Gasteiger partial charge on any atom is 0.129 e. The first-order valence-corrected chi connectivity index (χ1v) is 6.98. The van der Waals surface area contributed by atoms with Crippen LogP contribution in [0.4, 0.5) is 5.82 Å². The summed E-state index contributed by atoms with van der Waals surface area (Å²) in [7, 11) is 0. The minimum atomic E-state index is 0.450. The third-order valence-electron chi connectivity index (χ3n) is 3.80. The average molecular weight is 247 g/mol. The smallest absolute Gasteiger partial charge is 0.129 e. The molecule has 0 bridgehead atoms. The highest BCUT2D eigenvalue weighted by atomic mass is 15.2. The van der Waals surface area contributed by atoms with Crippen LogP contribution in [0, 0.1) is 5.92 Å². The maximum atomic E-state index is 5.80. The molecule has 3 heteroatoms. The molecule has 2 unspecified atom stereocenters. The first-order chi connectivity index (χ1) is 8.51. The zero-order valence-corrected chi connectivity index (χ0v) is 12.0. The van der Waals surface area contributed by atoms with E-state index in [-0.39, 0.29) is 0 Å². The summed E-state index contributed by atoms with van der Waals surface area (Å²) >= 11 is 0. The van der Waals surface area contributed by atoms with E-state index in [9.17, 15) is 0 Å². The van der Waals surface area contributed by atoms with Crippen molar-refractivity contribution in [2.75, 3.05) is 11.4 Å². The molecule has 18 heavy (non-hydrogen) atoms. The van der Waals surface area contributed by atoms with Crippen LogP contribution in [0.15, 0.2) is 12.1 Å². The van der Waals surface area contributed by atoms with Gasteiger partial charge < -0.3 is 10.6 Å². The van der Waals surface area contributed by atoms with E-state index in [1.165, 1.54) is 12.0 Å². The molecule has 1 aliphatic rings. The van der Waals surface area contributed by atoms with Gasteiger partial charge in [-0.1, -0.05) is 20.8 Å². The molecule has 100 valence electrons. The Hall–Kier alpha value is -1.09. The van der Waals surface area contributed by atoms with Crippen molar-refractivity contribution in [1.82, 2.24) is 4.98 Å². The summed E-state index contributed by atoms with van der Waals surface area (Å²) in [5, 5.41) is 0. The Morgan fingerprint density at radius 1 is 1.39 bits per heavy atom. The van der Waals surface area contributed by atoms with Crippen LogP contribution in [0.3, 0.4) is 0 Å². The summed E-state index contributed by atoms with van der Waals surface area (Å²) in [5.41, 5.74) is 8.14. The second-order valence-corrected chi connectivity index (χ2v) is 5.96. The summed E-state index contributed by atoms with van der Waals surface area (Å²) in [6, 6.07) is 4.87. The Morgan fingerprint density at radius 3 is 2.61 bits per heavy atom. The van der Waals surface area contributed by atoms with E-state index in [4.69, 9.17) is 10.7 Å². The number of nitrogens with zero attached hydrogens (tertiary/aromatic N) is 2. The van der Waals surface area contributed by atoms with Gasteiger partial charge in [0, 0.05) is 24.8 Å². The van der Waals surface area contributed by atoms with Crippen LogP contribution in [-0.4, -0.2) is 17.6 Å².